The maximum atomic E-state index is 9.97. The molecule has 13 heavy (non-hydrogen) atoms. The van der Waals surface area contributed by atoms with Gasteiger partial charge in [0.25, 0.3) is 0 Å². The molecule has 0 aliphatic heterocycles. The van der Waals surface area contributed by atoms with Crippen LogP contribution in [0.1, 0.15) is 39.5 Å². The standard InChI is InChI=1S/C11H20O2/c1-7-3-8-4-9(10(7)12)6-11(2,13)5-8/h7-10,12-13H,3-6H2,1-2H3. The first kappa shape index (κ1) is 9.47. The minimum absolute atomic E-state index is 0.178. The van der Waals surface area contributed by atoms with E-state index in [1.54, 1.807) is 0 Å². The summed E-state index contributed by atoms with van der Waals surface area (Å²) in [5, 5.41) is 19.9. The van der Waals surface area contributed by atoms with E-state index >= 15 is 0 Å². The van der Waals surface area contributed by atoms with Crippen LogP contribution in [0, 0.1) is 17.8 Å². The third-order valence-electron chi connectivity index (χ3n) is 3.84. The van der Waals surface area contributed by atoms with Crippen LogP contribution in [-0.4, -0.2) is 21.9 Å². The Labute approximate surface area is 80.0 Å². The first-order valence-electron chi connectivity index (χ1n) is 5.38. The number of hydrogen-bond acceptors (Lipinski definition) is 2. The first-order valence-corrected chi connectivity index (χ1v) is 5.38. The van der Waals surface area contributed by atoms with Crippen LogP contribution < -0.4 is 0 Å². The summed E-state index contributed by atoms with van der Waals surface area (Å²) in [4.78, 5) is 0. The highest BCUT2D eigenvalue weighted by Crippen LogP contribution is 2.46. The van der Waals surface area contributed by atoms with Gasteiger partial charge in [0, 0.05) is 0 Å². The van der Waals surface area contributed by atoms with Crippen LogP contribution in [0.15, 0.2) is 0 Å². The van der Waals surface area contributed by atoms with E-state index < -0.39 is 5.60 Å². The fraction of sp³-hybridized carbons (Fsp3) is 1.00. The molecule has 76 valence electrons. The topological polar surface area (TPSA) is 40.5 Å². The molecule has 2 N–H and O–H groups in total. The van der Waals surface area contributed by atoms with Gasteiger partial charge in [-0.15, -0.1) is 0 Å². The van der Waals surface area contributed by atoms with Gasteiger partial charge in [-0.3, -0.25) is 0 Å². The fourth-order valence-electron chi connectivity index (χ4n) is 3.43. The van der Waals surface area contributed by atoms with Gasteiger partial charge in [0.1, 0.15) is 0 Å². The van der Waals surface area contributed by atoms with Crippen molar-refractivity contribution in [2.24, 2.45) is 17.8 Å². The zero-order chi connectivity index (χ0) is 9.64. The van der Waals surface area contributed by atoms with Gasteiger partial charge in [0.2, 0.25) is 0 Å². The molecule has 0 aromatic rings. The van der Waals surface area contributed by atoms with E-state index in [1.165, 1.54) is 0 Å². The lowest BCUT2D eigenvalue weighted by atomic mass is 9.62. The average molecular weight is 184 g/mol. The minimum atomic E-state index is -0.519. The molecule has 0 radical (unpaired) electrons. The second-order valence-corrected chi connectivity index (χ2v) is 5.47. The highest BCUT2D eigenvalue weighted by atomic mass is 16.3. The first-order chi connectivity index (χ1) is 5.98. The molecule has 2 aliphatic rings. The van der Waals surface area contributed by atoms with E-state index in [9.17, 15) is 10.2 Å². The van der Waals surface area contributed by atoms with Gasteiger partial charge in [-0.1, -0.05) is 6.92 Å². The predicted octanol–water partition coefficient (Wildman–Crippen LogP) is 1.55. The third kappa shape index (κ3) is 1.75. The molecule has 0 spiro atoms. The van der Waals surface area contributed by atoms with Crippen molar-refractivity contribution in [1.29, 1.82) is 0 Å². The fourth-order valence-corrected chi connectivity index (χ4v) is 3.43. The predicted molar refractivity (Wildman–Crippen MR) is 51.2 cm³/mol. The summed E-state index contributed by atoms with van der Waals surface area (Å²) >= 11 is 0. The summed E-state index contributed by atoms with van der Waals surface area (Å²) in [6.45, 7) is 4.04. The summed E-state index contributed by atoms with van der Waals surface area (Å²) in [6, 6.07) is 0. The van der Waals surface area contributed by atoms with Crippen LogP contribution in [-0.2, 0) is 0 Å². The second-order valence-electron chi connectivity index (χ2n) is 5.47. The van der Waals surface area contributed by atoms with E-state index in [2.05, 4.69) is 6.92 Å². The van der Waals surface area contributed by atoms with Gasteiger partial charge in [0.15, 0.2) is 0 Å². The number of aliphatic hydroxyl groups excluding tert-OH is 1. The molecule has 2 rings (SSSR count). The van der Waals surface area contributed by atoms with E-state index in [4.69, 9.17) is 0 Å². The lowest BCUT2D eigenvalue weighted by Gasteiger charge is -2.47. The molecule has 0 aromatic heterocycles. The zero-order valence-electron chi connectivity index (χ0n) is 8.53. The van der Waals surface area contributed by atoms with Crippen molar-refractivity contribution in [3.05, 3.63) is 0 Å². The van der Waals surface area contributed by atoms with Gasteiger partial charge < -0.3 is 10.2 Å². The van der Waals surface area contributed by atoms with Gasteiger partial charge in [-0.25, -0.2) is 0 Å². The molecule has 2 fully saturated rings. The Morgan fingerprint density at radius 1 is 1.23 bits per heavy atom. The summed E-state index contributed by atoms with van der Waals surface area (Å²) in [6.07, 6.45) is 3.76. The SMILES string of the molecule is CC1CC2CC(CC(C)(O)C2)C1O. The molecule has 2 aliphatic carbocycles. The summed E-state index contributed by atoms with van der Waals surface area (Å²) < 4.78 is 0. The summed E-state index contributed by atoms with van der Waals surface area (Å²) in [5.74, 6) is 1.42. The Hall–Kier alpha value is -0.0800. The van der Waals surface area contributed by atoms with Crippen molar-refractivity contribution in [1.82, 2.24) is 0 Å². The smallest absolute Gasteiger partial charge is 0.0626 e. The van der Waals surface area contributed by atoms with E-state index in [1.807, 2.05) is 6.92 Å². The molecule has 5 unspecified atom stereocenters. The second kappa shape index (κ2) is 2.96. The molecule has 2 bridgehead atoms. The number of hydrogen-bond donors (Lipinski definition) is 2. The summed E-state index contributed by atoms with van der Waals surface area (Å²) in [7, 11) is 0. The molecule has 2 saturated carbocycles. The average Bonchev–Trinajstić information content (AvgIpc) is 1.97. The molecule has 0 saturated heterocycles. The zero-order valence-corrected chi connectivity index (χ0v) is 8.53. The largest absolute Gasteiger partial charge is 0.393 e. The number of aliphatic hydroxyl groups is 2. The third-order valence-corrected chi connectivity index (χ3v) is 3.84. The Bertz CT molecular complexity index is 198. The Morgan fingerprint density at radius 3 is 2.62 bits per heavy atom. The molecular formula is C11H20O2. The highest BCUT2D eigenvalue weighted by molar-refractivity contribution is 4.95. The summed E-state index contributed by atoms with van der Waals surface area (Å²) in [5.41, 5.74) is -0.519. The molecular weight excluding hydrogens is 164 g/mol. The van der Waals surface area contributed by atoms with Gasteiger partial charge in [-0.05, 0) is 50.4 Å². The van der Waals surface area contributed by atoms with Crippen LogP contribution in [0.25, 0.3) is 0 Å². The lowest BCUT2D eigenvalue weighted by molar-refractivity contribution is -0.0976. The van der Waals surface area contributed by atoms with Crippen molar-refractivity contribution in [3.63, 3.8) is 0 Å². The van der Waals surface area contributed by atoms with Crippen molar-refractivity contribution in [3.8, 4) is 0 Å². The molecule has 2 nitrogen and oxygen atoms in total. The monoisotopic (exact) mass is 184 g/mol. The number of fused-ring (bicyclic) bond motifs is 2. The molecule has 2 heteroatoms. The number of rotatable bonds is 0. The maximum Gasteiger partial charge on any atom is 0.0626 e. The maximum absolute atomic E-state index is 9.97. The lowest BCUT2D eigenvalue weighted by Crippen LogP contribution is -2.47. The molecule has 5 atom stereocenters. The Morgan fingerprint density at radius 2 is 1.92 bits per heavy atom. The van der Waals surface area contributed by atoms with Gasteiger partial charge >= 0.3 is 0 Å². The van der Waals surface area contributed by atoms with Crippen molar-refractivity contribution in [2.75, 3.05) is 0 Å². The quantitative estimate of drug-likeness (QED) is 0.599. The van der Waals surface area contributed by atoms with E-state index in [-0.39, 0.29) is 6.10 Å². The van der Waals surface area contributed by atoms with Crippen LogP contribution in [0.3, 0.4) is 0 Å². The normalized spacial score (nSPS) is 56.3. The van der Waals surface area contributed by atoms with E-state index in [0.29, 0.717) is 17.8 Å². The van der Waals surface area contributed by atoms with E-state index in [0.717, 1.165) is 25.7 Å². The molecule has 0 heterocycles. The Kier molecular flexibility index (Phi) is 2.16. The Balaban J connectivity index is 2.12. The minimum Gasteiger partial charge on any atom is -0.393 e. The molecule has 0 amide bonds. The van der Waals surface area contributed by atoms with Crippen molar-refractivity contribution < 1.29 is 10.2 Å². The van der Waals surface area contributed by atoms with Crippen molar-refractivity contribution in [2.45, 2.75) is 51.2 Å². The molecule has 0 aromatic carbocycles. The van der Waals surface area contributed by atoms with Crippen molar-refractivity contribution >= 4 is 0 Å². The van der Waals surface area contributed by atoms with Crippen LogP contribution >= 0.6 is 0 Å². The van der Waals surface area contributed by atoms with Crippen LogP contribution in [0.4, 0.5) is 0 Å². The van der Waals surface area contributed by atoms with Gasteiger partial charge in [-0.2, -0.15) is 0 Å². The van der Waals surface area contributed by atoms with Crippen LogP contribution in [0.5, 0.6) is 0 Å². The van der Waals surface area contributed by atoms with Gasteiger partial charge in [0.05, 0.1) is 11.7 Å². The highest BCUT2D eigenvalue weighted by Gasteiger charge is 2.44. The van der Waals surface area contributed by atoms with Crippen LogP contribution in [0.2, 0.25) is 0 Å².